The molecule has 0 saturated carbocycles. The molecule has 5 rings (SSSR count). The van der Waals surface area contributed by atoms with E-state index in [0.29, 0.717) is 18.5 Å². The zero-order chi connectivity index (χ0) is 26.6. The molecule has 6 nitrogen and oxygen atoms in total. The van der Waals surface area contributed by atoms with Gasteiger partial charge in [-0.1, -0.05) is 48.5 Å². The number of nitrogens with zero attached hydrogens (tertiary/aromatic N) is 3. The van der Waals surface area contributed by atoms with Crippen LogP contribution in [-0.4, -0.2) is 58.7 Å². The molecule has 1 aliphatic heterocycles. The molecule has 0 spiro atoms. The van der Waals surface area contributed by atoms with E-state index in [2.05, 4.69) is 47.8 Å². The van der Waals surface area contributed by atoms with Gasteiger partial charge in [-0.05, 0) is 81.1 Å². The number of pyridine rings is 1. The number of hydrogen-bond acceptors (Lipinski definition) is 3. The van der Waals surface area contributed by atoms with E-state index in [0.717, 1.165) is 54.0 Å². The number of nitrogens with one attached hydrogen (secondary N) is 1. The average molecular weight is 509 g/mol. The van der Waals surface area contributed by atoms with Crippen LogP contribution in [0.4, 0.5) is 5.69 Å². The molecule has 1 saturated heterocycles. The second-order valence-corrected chi connectivity index (χ2v) is 10.5. The molecule has 2 aromatic carbocycles. The Balaban J connectivity index is 1.23. The summed E-state index contributed by atoms with van der Waals surface area (Å²) >= 11 is 0. The van der Waals surface area contributed by atoms with Crippen molar-refractivity contribution < 1.29 is 9.59 Å². The summed E-state index contributed by atoms with van der Waals surface area (Å²) in [7, 11) is 1.95. The summed E-state index contributed by atoms with van der Waals surface area (Å²) < 4.78 is 2.11. The van der Waals surface area contributed by atoms with Crippen LogP contribution >= 0.6 is 0 Å². The predicted molar refractivity (Wildman–Crippen MR) is 154 cm³/mol. The predicted octanol–water partition coefficient (Wildman–Crippen LogP) is 5.90. The van der Waals surface area contributed by atoms with Gasteiger partial charge in [0.1, 0.15) is 0 Å². The third kappa shape index (κ3) is 5.50. The first-order valence-corrected chi connectivity index (χ1v) is 13.5. The van der Waals surface area contributed by atoms with E-state index >= 15 is 0 Å². The number of rotatable bonds is 7. The lowest BCUT2D eigenvalue weighted by Crippen LogP contribution is -2.37. The van der Waals surface area contributed by atoms with Crippen LogP contribution in [0.2, 0.25) is 0 Å². The number of carbonyl (C=O) groups excluding carboxylic acids is 2. The lowest BCUT2D eigenvalue weighted by molar-refractivity contribution is -0.117. The zero-order valence-corrected chi connectivity index (χ0v) is 22.4. The number of likely N-dealkylation sites (tertiary alicyclic amines) is 1. The molecule has 2 amide bonds. The standard InChI is InChI=1S/C32H36N4O2/c1-23(2)34(3)22-31(37)33-27-14-12-24(13-15-27)25-16-19-35(20-17-25)32(38)28-21-30(26-9-5-4-6-10-26)36-18-8-7-11-29(28)36/h4-15,18,21,23,25H,16-17,19-20,22H2,1-3H3,(H,33,37). The second kappa shape index (κ2) is 11.2. The fourth-order valence-electron chi connectivity index (χ4n) is 5.19. The van der Waals surface area contributed by atoms with Gasteiger partial charge in [0, 0.05) is 31.0 Å². The number of carbonyl (C=O) groups is 2. The van der Waals surface area contributed by atoms with Crippen LogP contribution in [0.15, 0.2) is 85.1 Å². The molecule has 0 atom stereocenters. The van der Waals surface area contributed by atoms with E-state index in [9.17, 15) is 9.59 Å². The van der Waals surface area contributed by atoms with Crippen molar-refractivity contribution >= 4 is 23.0 Å². The van der Waals surface area contributed by atoms with Crippen LogP contribution in [0.5, 0.6) is 0 Å². The van der Waals surface area contributed by atoms with Crippen molar-refractivity contribution in [3.63, 3.8) is 0 Å². The maximum absolute atomic E-state index is 13.6. The molecular weight excluding hydrogens is 472 g/mol. The third-order valence-electron chi connectivity index (χ3n) is 7.70. The first kappa shape index (κ1) is 25.7. The van der Waals surface area contributed by atoms with Crippen molar-refractivity contribution in [3.8, 4) is 11.3 Å². The number of piperidine rings is 1. The van der Waals surface area contributed by atoms with Gasteiger partial charge in [-0.2, -0.15) is 0 Å². The second-order valence-electron chi connectivity index (χ2n) is 10.5. The van der Waals surface area contributed by atoms with E-state index < -0.39 is 0 Å². The van der Waals surface area contributed by atoms with Gasteiger partial charge in [0.05, 0.1) is 23.3 Å². The van der Waals surface area contributed by atoms with Gasteiger partial charge in [0.15, 0.2) is 0 Å². The van der Waals surface area contributed by atoms with E-state index in [1.165, 1.54) is 5.56 Å². The monoisotopic (exact) mass is 508 g/mol. The highest BCUT2D eigenvalue weighted by Gasteiger charge is 2.27. The molecule has 0 unspecified atom stereocenters. The minimum absolute atomic E-state index is 0.00519. The number of benzene rings is 2. The summed E-state index contributed by atoms with van der Waals surface area (Å²) in [6, 6.07) is 26.8. The van der Waals surface area contributed by atoms with Crippen molar-refractivity contribution in [2.45, 2.75) is 38.6 Å². The lowest BCUT2D eigenvalue weighted by atomic mass is 9.89. The summed E-state index contributed by atoms with van der Waals surface area (Å²) in [6.45, 7) is 5.98. The molecular formula is C32H36N4O2. The Morgan fingerprint density at radius 3 is 2.32 bits per heavy atom. The van der Waals surface area contributed by atoms with Gasteiger partial charge in [0.25, 0.3) is 5.91 Å². The quantitative estimate of drug-likeness (QED) is 0.338. The average Bonchev–Trinajstić information content (AvgIpc) is 3.33. The highest BCUT2D eigenvalue weighted by Crippen LogP contribution is 2.32. The maximum Gasteiger partial charge on any atom is 0.256 e. The Labute approximate surface area is 224 Å². The van der Waals surface area contributed by atoms with Crippen molar-refractivity contribution in [3.05, 3.63) is 96.2 Å². The van der Waals surface area contributed by atoms with Gasteiger partial charge in [-0.25, -0.2) is 0 Å². The van der Waals surface area contributed by atoms with Crippen molar-refractivity contribution in [1.82, 2.24) is 14.2 Å². The van der Waals surface area contributed by atoms with Crippen LogP contribution in [0.25, 0.3) is 16.8 Å². The van der Waals surface area contributed by atoms with E-state index in [1.54, 1.807) is 0 Å². The van der Waals surface area contributed by atoms with Crippen molar-refractivity contribution in [1.29, 1.82) is 0 Å². The van der Waals surface area contributed by atoms with E-state index in [4.69, 9.17) is 0 Å². The number of amides is 2. The minimum atomic E-state index is -0.00519. The Kier molecular flexibility index (Phi) is 7.61. The zero-order valence-electron chi connectivity index (χ0n) is 22.4. The van der Waals surface area contributed by atoms with Crippen molar-refractivity contribution in [2.75, 3.05) is 32.0 Å². The van der Waals surface area contributed by atoms with Crippen LogP contribution < -0.4 is 5.32 Å². The van der Waals surface area contributed by atoms with Crippen LogP contribution in [0.3, 0.4) is 0 Å². The number of fused-ring (bicyclic) bond motifs is 1. The fourth-order valence-corrected chi connectivity index (χ4v) is 5.19. The molecule has 0 radical (unpaired) electrons. The Bertz CT molecular complexity index is 1400. The molecule has 6 heteroatoms. The summed E-state index contributed by atoms with van der Waals surface area (Å²) in [5.41, 5.74) is 5.90. The normalized spacial score (nSPS) is 14.4. The van der Waals surface area contributed by atoms with E-state index in [-0.39, 0.29) is 11.8 Å². The van der Waals surface area contributed by atoms with Gasteiger partial charge in [0.2, 0.25) is 5.91 Å². The number of hydrogen-bond donors (Lipinski definition) is 1. The molecule has 0 aliphatic carbocycles. The maximum atomic E-state index is 13.6. The molecule has 196 valence electrons. The Morgan fingerprint density at radius 1 is 0.947 bits per heavy atom. The summed E-state index contributed by atoms with van der Waals surface area (Å²) in [5, 5.41) is 2.99. The molecule has 1 fully saturated rings. The van der Waals surface area contributed by atoms with Gasteiger partial charge in [-0.15, -0.1) is 0 Å². The molecule has 4 aromatic rings. The Hall–Kier alpha value is -3.90. The molecule has 38 heavy (non-hydrogen) atoms. The minimum Gasteiger partial charge on any atom is -0.339 e. The number of likely N-dealkylation sites (N-methyl/N-ethyl adjacent to an activating group) is 1. The largest absolute Gasteiger partial charge is 0.339 e. The highest BCUT2D eigenvalue weighted by molar-refractivity contribution is 6.03. The van der Waals surface area contributed by atoms with Gasteiger partial charge in [-0.3, -0.25) is 14.5 Å². The topological polar surface area (TPSA) is 57.1 Å². The number of aromatic nitrogens is 1. The lowest BCUT2D eigenvalue weighted by Gasteiger charge is -2.32. The SMILES string of the molecule is CC(C)N(C)CC(=O)Nc1ccc(C2CCN(C(=O)c3cc(-c4ccccc4)n4ccccc34)CC2)cc1. The fraction of sp³-hybridized carbons (Fsp3) is 0.312. The van der Waals surface area contributed by atoms with E-state index in [1.807, 2.05) is 77.6 Å². The molecule has 0 bridgehead atoms. The highest BCUT2D eigenvalue weighted by atomic mass is 16.2. The van der Waals surface area contributed by atoms with Gasteiger partial charge < -0.3 is 14.6 Å². The summed E-state index contributed by atoms with van der Waals surface area (Å²) in [6.07, 6.45) is 3.87. The first-order chi connectivity index (χ1) is 18.4. The number of anilines is 1. The molecule has 2 aromatic heterocycles. The summed E-state index contributed by atoms with van der Waals surface area (Å²) in [5.74, 6) is 0.495. The smallest absolute Gasteiger partial charge is 0.256 e. The first-order valence-electron chi connectivity index (χ1n) is 13.5. The van der Waals surface area contributed by atoms with Crippen LogP contribution in [-0.2, 0) is 4.79 Å². The Morgan fingerprint density at radius 2 is 1.63 bits per heavy atom. The molecule has 1 aliphatic rings. The molecule has 1 N–H and O–H groups in total. The summed E-state index contributed by atoms with van der Waals surface area (Å²) in [4.78, 5) is 29.9. The van der Waals surface area contributed by atoms with Crippen LogP contribution in [0, 0.1) is 0 Å². The molecule has 3 heterocycles. The van der Waals surface area contributed by atoms with Crippen LogP contribution in [0.1, 0.15) is 48.5 Å². The van der Waals surface area contributed by atoms with Crippen molar-refractivity contribution in [2.24, 2.45) is 0 Å². The van der Waals surface area contributed by atoms with Gasteiger partial charge >= 0.3 is 0 Å². The third-order valence-corrected chi connectivity index (χ3v) is 7.70.